The van der Waals surface area contributed by atoms with Crippen LogP contribution < -0.4 is 10.9 Å². The quantitative estimate of drug-likeness (QED) is 0.841. The van der Waals surface area contributed by atoms with Crippen LogP contribution in [0.2, 0.25) is 0 Å². The van der Waals surface area contributed by atoms with E-state index < -0.39 is 0 Å². The van der Waals surface area contributed by atoms with Crippen LogP contribution in [0.1, 0.15) is 30.3 Å². The lowest BCUT2D eigenvalue weighted by molar-refractivity contribution is 0.741. The van der Waals surface area contributed by atoms with Crippen LogP contribution in [0, 0.1) is 0 Å². The highest BCUT2D eigenvalue weighted by Gasteiger charge is 2.26. The highest BCUT2D eigenvalue weighted by Crippen LogP contribution is 2.37. The van der Waals surface area contributed by atoms with Crippen LogP contribution in [0.25, 0.3) is 0 Å². The molecule has 0 amide bonds. The van der Waals surface area contributed by atoms with Crippen LogP contribution in [-0.4, -0.2) is 26.3 Å². The Morgan fingerprint density at radius 3 is 3.05 bits per heavy atom. The Morgan fingerprint density at radius 1 is 1.53 bits per heavy atom. The van der Waals surface area contributed by atoms with Gasteiger partial charge in [0.05, 0.1) is 5.69 Å². The minimum Gasteiger partial charge on any atom is -0.369 e. The van der Waals surface area contributed by atoms with Crippen molar-refractivity contribution in [2.75, 3.05) is 11.9 Å². The summed E-state index contributed by atoms with van der Waals surface area (Å²) >= 11 is 0. The summed E-state index contributed by atoms with van der Waals surface area (Å²) in [7, 11) is 1.90. The van der Waals surface area contributed by atoms with E-state index in [0.29, 0.717) is 11.7 Å². The second-order valence-corrected chi connectivity index (χ2v) is 4.95. The monoisotopic (exact) mass is 259 g/mol. The lowest BCUT2D eigenvalue weighted by Gasteiger charge is -2.05. The summed E-state index contributed by atoms with van der Waals surface area (Å²) < 4.78 is 1.78. The van der Waals surface area contributed by atoms with Crippen LogP contribution >= 0.6 is 0 Å². The van der Waals surface area contributed by atoms with Gasteiger partial charge < -0.3 is 10.3 Å². The van der Waals surface area contributed by atoms with Crippen molar-refractivity contribution in [2.24, 2.45) is 7.05 Å². The number of H-pyrrole nitrogens is 1. The van der Waals surface area contributed by atoms with Gasteiger partial charge in [-0.25, -0.2) is 4.98 Å². The standard InChI is InChI=1S/C13H17N5O/c1-18-7-5-10(17-18)4-6-14-11-8-12(19)16-13(15-11)9-2-3-9/h5,7-9H,2-4,6H2,1H3,(H2,14,15,16,19). The predicted molar refractivity (Wildman–Crippen MR) is 72.2 cm³/mol. The first-order chi connectivity index (χ1) is 9.20. The van der Waals surface area contributed by atoms with E-state index in [4.69, 9.17) is 0 Å². The van der Waals surface area contributed by atoms with Gasteiger partial charge in [-0.3, -0.25) is 9.48 Å². The summed E-state index contributed by atoms with van der Waals surface area (Å²) in [6.45, 7) is 0.720. The zero-order valence-corrected chi connectivity index (χ0v) is 10.9. The molecule has 1 aliphatic rings. The van der Waals surface area contributed by atoms with Crippen LogP contribution in [0.5, 0.6) is 0 Å². The molecule has 19 heavy (non-hydrogen) atoms. The molecule has 0 aromatic carbocycles. The fourth-order valence-corrected chi connectivity index (χ4v) is 2.03. The maximum absolute atomic E-state index is 11.5. The predicted octanol–water partition coefficient (Wildman–Crippen LogP) is 1.04. The van der Waals surface area contributed by atoms with Crippen LogP contribution in [0.3, 0.4) is 0 Å². The third-order valence-electron chi connectivity index (χ3n) is 3.18. The molecule has 2 aromatic heterocycles. The minimum absolute atomic E-state index is 0.0859. The maximum atomic E-state index is 11.5. The molecule has 1 fully saturated rings. The fourth-order valence-electron chi connectivity index (χ4n) is 2.03. The van der Waals surface area contributed by atoms with Gasteiger partial charge in [-0.15, -0.1) is 0 Å². The van der Waals surface area contributed by atoms with E-state index in [1.54, 1.807) is 4.68 Å². The number of hydrogen-bond acceptors (Lipinski definition) is 4. The lowest BCUT2D eigenvalue weighted by Crippen LogP contribution is -2.14. The maximum Gasteiger partial charge on any atom is 0.252 e. The number of aromatic nitrogens is 4. The van der Waals surface area contributed by atoms with E-state index >= 15 is 0 Å². The average Bonchev–Trinajstić information content (AvgIpc) is 3.13. The van der Waals surface area contributed by atoms with Crippen LogP contribution in [0.15, 0.2) is 23.1 Å². The molecule has 0 atom stereocenters. The Morgan fingerprint density at radius 2 is 2.37 bits per heavy atom. The van der Waals surface area contributed by atoms with E-state index in [1.807, 2.05) is 19.3 Å². The summed E-state index contributed by atoms with van der Waals surface area (Å²) in [4.78, 5) is 18.8. The molecule has 100 valence electrons. The highest BCUT2D eigenvalue weighted by atomic mass is 16.1. The SMILES string of the molecule is Cn1ccc(CCNc2cc(=O)[nH]c(C3CC3)n2)n1. The molecule has 2 aromatic rings. The summed E-state index contributed by atoms with van der Waals surface area (Å²) in [5.41, 5.74) is 0.944. The average molecular weight is 259 g/mol. The molecule has 0 saturated heterocycles. The number of aromatic amines is 1. The van der Waals surface area contributed by atoms with Crippen LogP contribution in [-0.2, 0) is 13.5 Å². The molecule has 1 aliphatic carbocycles. The van der Waals surface area contributed by atoms with Gasteiger partial charge >= 0.3 is 0 Å². The molecule has 3 rings (SSSR count). The third kappa shape index (κ3) is 3.01. The zero-order chi connectivity index (χ0) is 13.2. The zero-order valence-electron chi connectivity index (χ0n) is 10.9. The number of aryl methyl sites for hydroxylation is 1. The van der Waals surface area contributed by atoms with Crippen molar-refractivity contribution < 1.29 is 0 Å². The van der Waals surface area contributed by atoms with Gasteiger partial charge in [0.25, 0.3) is 5.56 Å². The number of hydrogen-bond donors (Lipinski definition) is 2. The van der Waals surface area contributed by atoms with Gasteiger partial charge in [-0.1, -0.05) is 0 Å². The molecule has 0 radical (unpaired) electrons. The highest BCUT2D eigenvalue weighted by molar-refractivity contribution is 5.34. The molecular weight excluding hydrogens is 242 g/mol. The molecule has 0 bridgehead atoms. The first kappa shape index (κ1) is 12.0. The topological polar surface area (TPSA) is 75.6 Å². The second kappa shape index (κ2) is 4.87. The second-order valence-electron chi connectivity index (χ2n) is 4.95. The Bertz CT molecular complexity index is 626. The largest absolute Gasteiger partial charge is 0.369 e. The van der Waals surface area contributed by atoms with Gasteiger partial charge in [0.15, 0.2) is 0 Å². The molecule has 0 unspecified atom stereocenters. The van der Waals surface area contributed by atoms with E-state index in [0.717, 1.165) is 37.3 Å². The molecule has 0 spiro atoms. The van der Waals surface area contributed by atoms with Crippen molar-refractivity contribution in [2.45, 2.75) is 25.2 Å². The molecule has 2 heterocycles. The van der Waals surface area contributed by atoms with Gasteiger partial charge in [0.1, 0.15) is 11.6 Å². The van der Waals surface area contributed by atoms with Crippen molar-refractivity contribution in [3.63, 3.8) is 0 Å². The minimum atomic E-state index is -0.0859. The summed E-state index contributed by atoms with van der Waals surface area (Å²) in [5.74, 6) is 1.92. The number of nitrogens with one attached hydrogen (secondary N) is 2. The van der Waals surface area contributed by atoms with E-state index in [1.165, 1.54) is 6.07 Å². The number of nitrogens with zero attached hydrogens (tertiary/aromatic N) is 3. The fraction of sp³-hybridized carbons (Fsp3) is 0.462. The van der Waals surface area contributed by atoms with Crippen molar-refractivity contribution in [3.8, 4) is 0 Å². The van der Waals surface area contributed by atoms with Crippen LogP contribution in [0.4, 0.5) is 5.82 Å². The van der Waals surface area contributed by atoms with E-state index in [9.17, 15) is 4.79 Å². The molecule has 2 N–H and O–H groups in total. The first-order valence-electron chi connectivity index (χ1n) is 6.54. The lowest BCUT2D eigenvalue weighted by atomic mass is 10.3. The Kier molecular flexibility index (Phi) is 3.06. The van der Waals surface area contributed by atoms with Gasteiger partial charge in [0, 0.05) is 38.2 Å². The van der Waals surface area contributed by atoms with Gasteiger partial charge in [-0.05, 0) is 18.9 Å². The normalized spacial score (nSPS) is 14.6. The smallest absolute Gasteiger partial charge is 0.252 e. The van der Waals surface area contributed by atoms with Crippen molar-refractivity contribution >= 4 is 5.82 Å². The number of rotatable bonds is 5. The van der Waals surface area contributed by atoms with E-state index in [2.05, 4.69) is 20.4 Å². The third-order valence-corrected chi connectivity index (χ3v) is 3.18. The Balaban J connectivity index is 1.61. The molecule has 6 heteroatoms. The van der Waals surface area contributed by atoms with E-state index in [-0.39, 0.29) is 5.56 Å². The Hall–Kier alpha value is -2.11. The van der Waals surface area contributed by atoms with Crippen molar-refractivity contribution in [3.05, 3.63) is 40.2 Å². The Labute approximate surface area is 110 Å². The number of anilines is 1. The van der Waals surface area contributed by atoms with Crippen molar-refractivity contribution in [1.29, 1.82) is 0 Å². The first-order valence-corrected chi connectivity index (χ1v) is 6.54. The molecule has 0 aliphatic heterocycles. The summed E-state index contributed by atoms with van der Waals surface area (Å²) in [6.07, 6.45) is 4.99. The summed E-state index contributed by atoms with van der Waals surface area (Å²) in [5, 5.41) is 7.49. The molecular formula is C13H17N5O. The molecule has 6 nitrogen and oxygen atoms in total. The summed E-state index contributed by atoms with van der Waals surface area (Å²) in [6, 6.07) is 3.49. The molecule has 1 saturated carbocycles. The van der Waals surface area contributed by atoms with Gasteiger partial charge in [0.2, 0.25) is 0 Å². The van der Waals surface area contributed by atoms with Crippen molar-refractivity contribution in [1.82, 2.24) is 19.7 Å². The van der Waals surface area contributed by atoms with Gasteiger partial charge in [-0.2, -0.15) is 5.10 Å².